The highest BCUT2D eigenvalue weighted by Crippen LogP contribution is 2.26. The molecule has 86 valence electrons. The molecule has 0 aliphatic rings. The number of hydrogen-bond donors (Lipinski definition) is 0. The lowest BCUT2D eigenvalue weighted by molar-refractivity contribution is 1.52. The third-order valence-electron chi connectivity index (χ3n) is 2.14. The highest BCUT2D eigenvalue weighted by Gasteiger charge is 1.97. The molecule has 0 bridgehead atoms. The molecule has 0 aliphatic carbocycles. The van der Waals surface area contributed by atoms with Gasteiger partial charge >= 0.3 is 0 Å². The summed E-state index contributed by atoms with van der Waals surface area (Å²) in [6.07, 6.45) is 1.75. The van der Waals surface area contributed by atoms with Crippen molar-refractivity contribution in [3.8, 4) is 0 Å². The van der Waals surface area contributed by atoms with Gasteiger partial charge in [0.1, 0.15) is 0 Å². The molecule has 0 saturated heterocycles. The number of nitrogens with zero attached hydrogens (tertiary/aromatic N) is 1. The largest absolute Gasteiger partial charge is 0.256 e. The Kier molecular flexibility index (Phi) is 4.06. The van der Waals surface area contributed by atoms with E-state index in [0.717, 1.165) is 11.3 Å². The summed E-state index contributed by atoms with van der Waals surface area (Å²) >= 11 is 17.5. The lowest BCUT2D eigenvalue weighted by Gasteiger charge is -1.97. The van der Waals surface area contributed by atoms with Gasteiger partial charge in [-0.25, -0.2) is 0 Å². The molecule has 2 rings (SSSR count). The Bertz CT molecular complexity index is 547. The van der Waals surface area contributed by atoms with Crippen LogP contribution >= 0.6 is 34.8 Å². The molecule has 0 unspecified atom stereocenters. The fraction of sp³-hybridized carbons (Fsp3) is 0. The van der Waals surface area contributed by atoms with Crippen LogP contribution in [0.25, 0.3) is 0 Å². The number of aliphatic imine (C=N–C) groups is 1. The van der Waals surface area contributed by atoms with Crippen LogP contribution in [0.2, 0.25) is 15.1 Å². The minimum atomic E-state index is 0.498. The monoisotopic (exact) mass is 283 g/mol. The average Bonchev–Trinajstić information content (AvgIpc) is 2.33. The molecule has 0 fully saturated rings. The zero-order valence-corrected chi connectivity index (χ0v) is 11.0. The third kappa shape index (κ3) is 3.47. The molecule has 2 aromatic carbocycles. The number of rotatable bonds is 2. The molecule has 4 heteroatoms. The lowest BCUT2D eigenvalue weighted by atomic mass is 10.2. The first kappa shape index (κ1) is 12.4. The van der Waals surface area contributed by atoms with Crippen molar-refractivity contribution in [2.75, 3.05) is 0 Å². The number of hydrogen-bond acceptors (Lipinski definition) is 1. The quantitative estimate of drug-likeness (QED) is 0.655. The Hall–Kier alpha value is -1.02. The molecule has 17 heavy (non-hydrogen) atoms. The zero-order valence-electron chi connectivity index (χ0n) is 8.70. The van der Waals surface area contributed by atoms with Crippen molar-refractivity contribution in [2.24, 2.45) is 4.99 Å². The van der Waals surface area contributed by atoms with Crippen LogP contribution in [0.5, 0.6) is 0 Å². The first-order valence-electron chi connectivity index (χ1n) is 4.90. The zero-order chi connectivity index (χ0) is 12.3. The van der Waals surface area contributed by atoms with Crippen molar-refractivity contribution in [1.82, 2.24) is 0 Å². The number of benzene rings is 2. The van der Waals surface area contributed by atoms with E-state index in [1.54, 1.807) is 24.4 Å². The second-order valence-electron chi connectivity index (χ2n) is 3.41. The summed E-state index contributed by atoms with van der Waals surface area (Å²) < 4.78 is 0. The van der Waals surface area contributed by atoms with Gasteiger partial charge in [-0.1, -0.05) is 46.9 Å². The summed E-state index contributed by atoms with van der Waals surface area (Å²) in [5, 5.41) is 1.73. The summed E-state index contributed by atoms with van der Waals surface area (Å²) in [5.74, 6) is 0. The van der Waals surface area contributed by atoms with Crippen molar-refractivity contribution >= 4 is 46.7 Å². The SMILES string of the molecule is Clc1ccc(C=Nc2ccc(Cl)c(Cl)c2)cc1. The molecule has 0 saturated carbocycles. The van der Waals surface area contributed by atoms with Crippen LogP contribution in [0, 0.1) is 0 Å². The van der Waals surface area contributed by atoms with E-state index in [1.807, 2.05) is 24.3 Å². The second kappa shape index (κ2) is 5.54. The average molecular weight is 285 g/mol. The van der Waals surface area contributed by atoms with Gasteiger partial charge in [0.2, 0.25) is 0 Å². The molecule has 0 amide bonds. The minimum absolute atomic E-state index is 0.498. The molecule has 2 aromatic rings. The molecule has 0 aromatic heterocycles. The summed E-state index contributed by atoms with van der Waals surface area (Å²) in [6, 6.07) is 12.7. The molecular weight excluding hydrogens is 277 g/mol. The van der Waals surface area contributed by atoms with Crippen molar-refractivity contribution in [3.05, 3.63) is 63.1 Å². The maximum absolute atomic E-state index is 5.89. The van der Waals surface area contributed by atoms with E-state index in [4.69, 9.17) is 34.8 Å². The van der Waals surface area contributed by atoms with Gasteiger partial charge in [0, 0.05) is 11.2 Å². The van der Waals surface area contributed by atoms with E-state index >= 15 is 0 Å². The van der Waals surface area contributed by atoms with Gasteiger partial charge in [-0.15, -0.1) is 0 Å². The lowest BCUT2D eigenvalue weighted by Crippen LogP contribution is -1.79. The van der Waals surface area contributed by atoms with Gasteiger partial charge in [0.25, 0.3) is 0 Å². The first-order valence-corrected chi connectivity index (χ1v) is 6.03. The summed E-state index contributed by atoms with van der Waals surface area (Å²) in [6.45, 7) is 0. The van der Waals surface area contributed by atoms with Crippen LogP contribution in [0.1, 0.15) is 5.56 Å². The molecule has 0 aliphatic heterocycles. The summed E-state index contributed by atoms with van der Waals surface area (Å²) in [7, 11) is 0. The maximum atomic E-state index is 5.89. The van der Waals surface area contributed by atoms with Crippen LogP contribution < -0.4 is 0 Å². The van der Waals surface area contributed by atoms with Gasteiger partial charge in [0.05, 0.1) is 15.7 Å². The third-order valence-corrected chi connectivity index (χ3v) is 3.13. The molecule has 1 nitrogen and oxygen atoms in total. The fourth-order valence-electron chi connectivity index (χ4n) is 1.26. The van der Waals surface area contributed by atoms with Crippen molar-refractivity contribution in [2.45, 2.75) is 0 Å². The fourth-order valence-corrected chi connectivity index (χ4v) is 1.68. The minimum Gasteiger partial charge on any atom is -0.256 e. The molecular formula is C13H8Cl3N. The van der Waals surface area contributed by atoms with Gasteiger partial charge in [0.15, 0.2) is 0 Å². The Labute approximate surface area is 115 Å². The Morgan fingerprint density at radius 2 is 1.53 bits per heavy atom. The Morgan fingerprint density at radius 3 is 2.18 bits per heavy atom. The smallest absolute Gasteiger partial charge is 0.0645 e. The van der Waals surface area contributed by atoms with Crippen LogP contribution in [-0.2, 0) is 0 Å². The normalized spacial score (nSPS) is 11.0. The van der Waals surface area contributed by atoms with Crippen molar-refractivity contribution < 1.29 is 0 Å². The van der Waals surface area contributed by atoms with E-state index in [1.165, 1.54) is 0 Å². The van der Waals surface area contributed by atoms with E-state index in [0.29, 0.717) is 15.1 Å². The molecule has 0 spiro atoms. The number of halogens is 3. The standard InChI is InChI=1S/C13H8Cl3N/c14-10-3-1-9(2-4-10)8-17-11-5-6-12(15)13(16)7-11/h1-8H. The van der Waals surface area contributed by atoms with Crippen molar-refractivity contribution in [3.63, 3.8) is 0 Å². The molecule has 0 radical (unpaired) electrons. The molecule has 0 N–H and O–H groups in total. The van der Waals surface area contributed by atoms with Gasteiger partial charge in [-0.05, 0) is 35.9 Å². The summed E-state index contributed by atoms with van der Waals surface area (Å²) in [5.41, 5.74) is 1.73. The Morgan fingerprint density at radius 1 is 0.824 bits per heavy atom. The van der Waals surface area contributed by atoms with Gasteiger partial charge in [-0.2, -0.15) is 0 Å². The Balaban J connectivity index is 2.20. The molecule has 0 atom stereocenters. The van der Waals surface area contributed by atoms with Gasteiger partial charge < -0.3 is 0 Å². The van der Waals surface area contributed by atoms with Crippen molar-refractivity contribution in [1.29, 1.82) is 0 Å². The first-order chi connectivity index (χ1) is 8.15. The predicted molar refractivity (Wildman–Crippen MR) is 75.2 cm³/mol. The van der Waals surface area contributed by atoms with Crippen LogP contribution in [0.4, 0.5) is 5.69 Å². The second-order valence-corrected chi connectivity index (χ2v) is 4.66. The topological polar surface area (TPSA) is 12.4 Å². The van der Waals surface area contributed by atoms with E-state index in [2.05, 4.69) is 4.99 Å². The highest BCUT2D eigenvalue weighted by atomic mass is 35.5. The van der Waals surface area contributed by atoms with Crippen LogP contribution in [0.15, 0.2) is 47.5 Å². The highest BCUT2D eigenvalue weighted by molar-refractivity contribution is 6.42. The maximum Gasteiger partial charge on any atom is 0.0645 e. The van der Waals surface area contributed by atoms with E-state index in [-0.39, 0.29) is 0 Å². The predicted octanol–water partition coefficient (Wildman–Crippen LogP) is 5.40. The van der Waals surface area contributed by atoms with E-state index in [9.17, 15) is 0 Å². The summed E-state index contributed by atoms with van der Waals surface area (Å²) in [4.78, 5) is 4.30. The van der Waals surface area contributed by atoms with Crippen LogP contribution in [0.3, 0.4) is 0 Å². The van der Waals surface area contributed by atoms with Gasteiger partial charge in [-0.3, -0.25) is 4.99 Å². The van der Waals surface area contributed by atoms with E-state index < -0.39 is 0 Å². The molecule has 0 heterocycles. The van der Waals surface area contributed by atoms with Crippen LogP contribution in [-0.4, -0.2) is 6.21 Å².